The van der Waals surface area contributed by atoms with Crippen LogP contribution in [0.5, 0.6) is 11.5 Å². The quantitative estimate of drug-likeness (QED) is 0.818. The Bertz CT molecular complexity index is 604. The third kappa shape index (κ3) is 4.35. The number of rotatable bonds is 6. The van der Waals surface area contributed by atoms with Crippen molar-refractivity contribution >= 4 is 6.03 Å². The summed E-state index contributed by atoms with van der Waals surface area (Å²) in [5.74, 6) is 1.48. The Kier molecular flexibility index (Phi) is 5.65. The van der Waals surface area contributed by atoms with E-state index in [0.29, 0.717) is 13.1 Å². The molecule has 2 aliphatic rings. The van der Waals surface area contributed by atoms with Gasteiger partial charge < -0.3 is 24.8 Å². The number of hydrogen-bond donors (Lipinski definition) is 2. The van der Waals surface area contributed by atoms with Gasteiger partial charge >= 0.3 is 6.03 Å². The van der Waals surface area contributed by atoms with Crippen molar-refractivity contribution in [2.75, 3.05) is 39.6 Å². The van der Waals surface area contributed by atoms with Crippen LogP contribution in [-0.2, 0) is 11.3 Å². The van der Waals surface area contributed by atoms with Gasteiger partial charge in [-0.25, -0.2) is 4.79 Å². The van der Waals surface area contributed by atoms with Gasteiger partial charge in [0.25, 0.3) is 0 Å². The Morgan fingerprint density at radius 1 is 1.20 bits per heavy atom. The largest absolute Gasteiger partial charge is 0.454 e. The van der Waals surface area contributed by atoms with E-state index in [9.17, 15) is 4.79 Å². The Morgan fingerprint density at radius 2 is 1.96 bits per heavy atom. The molecule has 1 atom stereocenters. The van der Waals surface area contributed by atoms with E-state index >= 15 is 0 Å². The van der Waals surface area contributed by atoms with Crippen molar-refractivity contribution in [3.8, 4) is 11.5 Å². The lowest BCUT2D eigenvalue weighted by Crippen LogP contribution is -2.57. The minimum absolute atomic E-state index is 0.0557. The van der Waals surface area contributed by atoms with Gasteiger partial charge in [0.15, 0.2) is 11.5 Å². The van der Waals surface area contributed by atoms with Gasteiger partial charge in [0.05, 0.1) is 13.2 Å². The molecule has 0 aliphatic carbocycles. The van der Waals surface area contributed by atoms with E-state index in [-0.39, 0.29) is 18.4 Å². The van der Waals surface area contributed by atoms with E-state index in [1.807, 2.05) is 18.2 Å². The van der Waals surface area contributed by atoms with Gasteiger partial charge in [-0.1, -0.05) is 13.0 Å². The smallest absolute Gasteiger partial charge is 0.315 e. The number of amides is 2. The first-order valence-electron chi connectivity index (χ1n) is 8.84. The summed E-state index contributed by atoms with van der Waals surface area (Å²) >= 11 is 0. The summed E-state index contributed by atoms with van der Waals surface area (Å²) in [7, 11) is 0. The highest BCUT2D eigenvalue weighted by molar-refractivity contribution is 5.74. The minimum Gasteiger partial charge on any atom is -0.454 e. The molecule has 138 valence electrons. The van der Waals surface area contributed by atoms with Gasteiger partial charge in [-0.3, -0.25) is 4.90 Å². The number of nitrogens with zero attached hydrogens (tertiary/aromatic N) is 1. The highest BCUT2D eigenvalue weighted by Gasteiger charge is 2.31. The van der Waals surface area contributed by atoms with Crippen LogP contribution in [0.2, 0.25) is 0 Å². The fourth-order valence-electron chi connectivity index (χ4n) is 3.13. The summed E-state index contributed by atoms with van der Waals surface area (Å²) in [6, 6.07) is 5.53. The number of ether oxygens (including phenoxy) is 3. The molecular weight excluding hydrogens is 322 g/mol. The fourth-order valence-corrected chi connectivity index (χ4v) is 3.13. The molecule has 1 unspecified atom stereocenters. The standard InChI is InChI=1S/C18H27N3O4/c1-3-18(2,21-6-8-23-9-7-21)12-20-17(22)19-11-14-4-5-15-16(10-14)25-13-24-15/h4-5,10H,3,6-9,11-13H2,1-2H3,(H2,19,20,22). The van der Waals surface area contributed by atoms with Crippen molar-refractivity contribution in [3.05, 3.63) is 23.8 Å². The van der Waals surface area contributed by atoms with Crippen molar-refractivity contribution in [3.63, 3.8) is 0 Å². The van der Waals surface area contributed by atoms with E-state index in [4.69, 9.17) is 14.2 Å². The molecule has 1 fully saturated rings. The van der Waals surface area contributed by atoms with Gasteiger partial charge in [0, 0.05) is 31.7 Å². The number of carbonyl (C=O) groups excluding carboxylic acids is 1. The molecular formula is C18H27N3O4. The minimum atomic E-state index is -0.161. The lowest BCUT2D eigenvalue weighted by atomic mass is 9.95. The van der Waals surface area contributed by atoms with Gasteiger partial charge in [-0.15, -0.1) is 0 Å². The Hall–Kier alpha value is -1.99. The fraction of sp³-hybridized carbons (Fsp3) is 0.611. The maximum absolute atomic E-state index is 12.2. The molecule has 2 N–H and O–H groups in total. The van der Waals surface area contributed by atoms with Crippen molar-refractivity contribution in [2.24, 2.45) is 0 Å². The monoisotopic (exact) mass is 349 g/mol. The molecule has 2 amide bonds. The number of carbonyl (C=O) groups is 1. The second kappa shape index (κ2) is 7.93. The lowest BCUT2D eigenvalue weighted by molar-refractivity contribution is -0.0165. The van der Waals surface area contributed by atoms with E-state index < -0.39 is 0 Å². The molecule has 0 spiro atoms. The molecule has 3 rings (SSSR count). The van der Waals surface area contributed by atoms with Crippen LogP contribution in [0.1, 0.15) is 25.8 Å². The first-order valence-corrected chi connectivity index (χ1v) is 8.84. The predicted molar refractivity (Wildman–Crippen MR) is 93.9 cm³/mol. The Labute approximate surface area is 148 Å². The summed E-state index contributed by atoms with van der Waals surface area (Å²) in [4.78, 5) is 14.6. The van der Waals surface area contributed by atoms with Crippen molar-refractivity contribution in [1.29, 1.82) is 0 Å². The number of urea groups is 1. The highest BCUT2D eigenvalue weighted by atomic mass is 16.7. The Morgan fingerprint density at radius 3 is 2.72 bits per heavy atom. The zero-order chi connectivity index (χ0) is 17.7. The summed E-state index contributed by atoms with van der Waals surface area (Å²) in [5.41, 5.74) is 0.922. The van der Waals surface area contributed by atoms with E-state index in [0.717, 1.165) is 49.8 Å². The number of hydrogen-bond acceptors (Lipinski definition) is 5. The first kappa shape index (κ1) is 17.8. The third-order valence-corrected chi connectivity index (χ3v) is 5.06. The van der Waals surface area contributed by atoms with Crippen LogP contribution in [0.3, 0.4) is 0 Å². The average molecular weight is 349 g/mol. The van der Waals surface area contributed by atoms with E-state index in [1.54, 1.807) is 0 Å². The van der Waals surface area contributed by atoms with Crippen molar-refractivity contribution in [1.82, 2.24) is 15.5 Å². The number of morpholine rings is 1. The van der Waals surface area contributed by atoms with Gasteiger partial charge in [0.2, 0.25) is 6.79 Å². The van der Waals surface area contributed by atoms with E-state index in [1.165, 1.54) is 0 Å². The summed E-state index contributed by atoms with van der Waals surface area (Å²) in [6.07, 6.45) is 0.968. The molecule has 0 saturated carbocycles. The normalized spacial score (nSPS) is 19.3. The molecule has 0 radical (unpaired) electrons. The number of benzene rings is 1. The van der Waals surface area contributed by atoms with Crippen molar-refractivity contribution < 1.29 is 19.0 Å². The van der Waals surface area contributed by atoms with Crippen LogP contribution in [-0.4, -0.2) is 56.1 Å². The number of nitrogens with one attached hydrogen (secondary N) is 2. The lowest BCUT2D eigenvalue weighted by Gasteiger charge is -2.43. The van der Waals surface area contributed by atoms with Crippen LogP contribution in [0, 0.1) is 0 Å². The molecule has 1 saturated heterocycles. The van der Waals surface area contributed by atoms with Gasteiger partial charge in [0.1, 0.15) is 0 Å². The Balaban J connectivity index is 1.47. The molecule has 2 aliphatic heterocycles. The van der Waals surface area contributed by atoms with Crippen LogP contribution in [0.25, 0.3) is 0 Å². The predicted octanol–water partition coefficient (Wildman–Crippen LogP) is 1.72. The molecule has 0 bridgehead atoms. The van der Waals surface area contributed by atoms with Crippen LogP contribution in [0.4, 0.5) is 4.79 Å². The first-order chi connectivity index (χ1) is 12.1. The second-order valence-electron chi connectivity index (χ2n) is 6.67. The molecule has 7 nitrogen and oxygen atoms in total. The van der Waals surface area contributed by atoms with Crippen LogP contribution >= 0.6 is 0 Å². The molecule has 0 aromatic heterocycles. The molecule has 1 aromatic carbocycles. The molecule has 1 aromatic rings. The topological polar surface area (TPSA) is 72.1 Å². The maximum atomic E-state index is 12.2. The summed E-state index contributed by atoms with van der Waals surface area (Å²) < 4.78 is 16.1. The zero-order valence-electron chi connectivity index (χ0n) is 15.0. The van der Waals surface area contributed by atoms with Crippen molar-refractivity contribution in [2.45, 2.75) is 32.4 Å². The average Bonchev–Trinajstić information content (AvgIpc) is 3.13. The van der Waals surface area contributed by atoms with Crippen LogP contribution < -0.4 is 20.1 Å². The highest BCUT2D eigenvalue weighted by Crippen LogP contribution is 2.32. The maximum Gasteiger partial charge on any atom is 0.315 e. The van der Waals surface area contributed by atoms with Gasteiger partial charge in [-0.05, 0) is 31.0 Å². The van der Waals surface area contributed by atoms with Gasteiger partial charge in [-0.2, -0.15) is 0 Å². The van der Waals surface area contributed by atoms with Crippen LogP contribution in [0.15, 0.2) is 18.2 Å². The molecule has 7 heteroatoms. The van der Waals surface area contributed by atoms with E-state index in [2.05, 4.69) is 29.4 Å². The summed E-state index contributed by atoms with van der Waals surface area (Å²) in [5, 5.41) is 5.91. The molecule has 25 heavy (non-hydrogen) atoms. The second-order valence-corrected chi connectivity index (χ2v) is 6.67. The third-order valence-electron chi connectivity index (χ3n) is 5.06. The SMILES string of the molecule is CCC(C)(CNC(=O)NCc1ccc2c(c1)OCO2)N1CCOCC1. The summed E-state index contributed by atoms with van der Waals surface area (Å²) in [6.45, 7) is 8.98. The number of fused-ring (bicyclic) bond motifs is 1. The zero-order valence-corrected chi connectivity index (χ0v) is 15.0. The molecule has 2 heterocycles.